The lowest BCUT2D eigenvalue weighted by Gasteiger charge is -2.17. The highest BCUT2D eigenvalue weighted by atomic mass is 16.2. The minimum Gasteiger partial charge on any atom is -0.338 e. The Balaban J connectivity index is 1.77. The van der Waals surface area contributed by atoms with E-state index >= 15 is 0 Å². The molecule has 2 aromatic heterocycles. The van der Waals surface area contributed by atoms with Crippen molar-refractivity contribution in [3.05, 3.63) is 47.1 Å². The van der Waals surface area contributed by atoms with E-state index in [2.05, 4.69) is 19.9 Å². The first-order chi connectivity index (χ1) is 10.5. The molecule has 1 amide bonds. The van der Waals surface area contributed by atoms with E-state index in [0.29, 0.717) is 24.3 Å². The molecule has 6 heteroatoms. The Kier molecular flexibility index (Phi) is 3.83. The number of likely N-dealkylation sites (tertiary alicyclic amines) is 1. The van der Waals surface area contributed by atoms with Gasteiger partial charge in [-0.25, -0.2) is 19.9 Å². The zero-order valence-corrected chi connectivity index (χ0v) is 13.1. The van der Waals surface area contributed by atoms with Crippen LogP contribution in [-0.2, 0) is 0 Å². The zero-order valence-electron chi connectivity index (χ0n) is 13.1. The summed E-state index contributed by atoms with van der Waals surface area (Å²) < 4.78 is 0. The van der Waals surface area contributed by atoms with Gasteiger partial charge in [-0.3, -0.25) is 4.79 Å². The zero-order chi connectivity index (χ0) is 15.7. The van der Waals surface area contributed by atoms with Gasteiger partial charge in [-0.1, -0.05) is 0 Å². The summed E-state index contributed by atoms with van der Waals surface area (Å²) in [6, 6.07) is 1.96. The standard InChI is InChI=1S/C16H19N5O/c1-10-6-11(2)20-15(19-10)13-4-5-21(8-13)16(22)14-7-17-9-18-12(14)3/h6-7,9,13H,4-5,8H2,1-3H3/t13-/m0/s1. The molecule has 0 aliphatic carbocycles. The fraction of sp³-hybridized carbons (Fsp3) is 0.438. The Bertz CT molecular complexity index is 695. The third-order valence-corrected chi connectivity index (χ3v) is 3.98. The predicted octanol–water partition coefficient (Wildman–Crippen LogP) is 1.82. The third kappa shape index (κ3) is 2.81. The number of amides is 1. The van der Waals surface area contributed by atoms with Gasteiger partial charge in [0, 0.05) is 36.6 Å². The van der Waals surface area contributed by atoms with Crippen LogP contribution in [0, 0.1) is 20.8 Å². The second-order valence-corrected chi connectivity index (χ2v) is 5.77. The van der Waals surface area contributed by atoms with Crippen molar-refractivity contribution in [1.82, 2.24) is 24.8 Å². The largest absolute Gasteiger partial charge is 0.338 e. The van der Waals surface area contributed by atoms with E-state index in [4.69, 9.17) is 0 Å². The van der Waals surface area contributed by atoms with Gasteiger partial charge in [0.05, 0.1) is 11.3 Å². The molecule has 0 unspecified atom stereocenters. The van der Waals surface area contributed by atoms with Crippen LogP contribution in [0.3, 0.4) is 0 Å². The number of aromatic nitrogens is 4. The molecule has 1 atom stereocenters. The second kappa shape index (κ2) is 5.79. The summed E-state index contributed by atoms with van der Waals surface area (Å²) in [5.74, 6) is 1.03. The first-order valence-electron chi connectivity index (χ1n) is 7.42. The summed E-state index contributed by atoms with van der Waals surface area (Å²) in [4.78, 5) is 31.5. The molecule has 1 saturated heterocycles. The minimum absolute atomic E-state index is 0.00928. The molecule has 3 heterocycles. The van der Waals surface area contributed by atoms with E-state index in [1.165, 1.54) is 6.33 Å². The normalized spacial score (nSPS) is 17.8. The van der Waals surface area contributed by atoms with Crippen LogP contribution in [0.4, 0.5) is 0 Å². The van der Waals surface area contributed by atoms with E-state index in [0.717, 1.165) is 23.6 Å². The van der Waals surface area contributed by atoms with Crippen LogP contribution in [0.15, 0.2) is 18.6 Å². The number of nitrogens with zero attached hydrogens (tertiary/aromatic N) is 5. The molecular weight excluding hydrogens is 278 g/mol. The van der Waals surface area contributed by atoms with Crippen molar-refractivity contribution in [3.8, 4) is 0 Å². The summed E-state index contributed by atoms with van der Waals surface area (Å²) in [6.45, 7) is 7.14. The molecule has 114 valence electrons. The molecule has 22 heavy (non-hydrogen) atoms. The van der Waals surface area contributed by atoms with Crippen molar-refractivity contribution in [1.29, 1.82) is 0 Å². The average Bonchev–Trinajstić information content (AvgIpc) is 2.96. The molecule has 1 aliphatic rings. The van der Waals surface area contributed by atoms with E-state index < -0.39 is 0 Å². The van der Waals surface area contributed by atoms with E-state index in [9.17, 15) is 4.79 Å². The van der Waals surface area contributed by atoms with Gasteiger partial charge >= 0.3 is 0 Å². The maximum absolute atomic E-state index is 12.6. The van der Waals surface area contributed by atoms with Gasteiger partial charge in [0.25, 0.3) is 5.91 Å². The molecule has 0 spiro atoms. The molecule has 6 nitrogen and oxygen atoms in total. The van der Waals surface area contributed by atoms with Crippen molar-refractivity contribution in [2.24, 2.45) is 0 Å². The van der Waals surface area contributed by atoms with Gasteiger partial charge < -0.3 is 4.90 Å². The third-order valence-electron chi connectivity index (χ3n) is 3.98. The minimum atomic E-state index is -0.00928. The summed E-state index contributed by atoms with van der Waals surface area (Å²) in [5.41, 5.74) is 3.23. The lowest BCUT2D eigenvalue weighted by atomic mass is 10.1. The van der Waals surface area contributed by atoms with Gasteiger partial charge in [-0.2, -0.15) is 0 Å². The SMILES string of the molecule is Cc1cc(C)nc([C@H]2CCN(C(=O)c3cncnc3C)C2)n1. The lowest BCUT2D eigenvalue weighted by molar-refractivity contribution is 0.0789. The number of carbonyl (C=O) groups is 1. The first kappa shape index (κ1) is 14.6. The summed E-state index contributed by atoms with van der Waals surface area (Å²) in [6.07, 6.45) is 3.94. The number of hydrogen-bond donors (Lipinski definition) is 0. The number of hydrogen-bond acceptors (Lipinski definition) is 5. The van der Waals surface area contributed by atoms with E-state index in [-0.39, 0.29) is 11.8 Å². The maximum atomic E-state index is 12.6. The molecule has 1 aliphatic heterocycles. The molecule has 0 saturated carbocycles. The highest BCUT2D eigenvalue weighted by Crippen LogP contribution is 2.26. The Morgan fingerprint density at radius 3 is 2.64 bits per heavy atom. The Morgan fingerprint density at radius 2 is 1.95 bits per heavy atom. The molecule has 1 fully saturated rings. The molecule has 0 N–H and O–H groups in total. The van der Waals surface area contributed by atoms with Crippen LogP contribution in [0.25, 0.3) is 0 Å². The van der Waals surface area contributed by atoms with E-state index in [1.54, 1.807) is 6.20 Å². The Hall–Kier alpha value is -2.37. The van der Waals surface area contributed by atoms with Crippen molar-refractivity contribution >= 4 is 5.91 Å². The van der Waals surface area contributed by atoms with Crippen LogP contribution in [0.5, 0.6) is 0 Å². The number of aryl methyl sites for hydroxylation is 3. The number of carbonyl (C=O) groups excluding carboxylic acids is 1. The van der Waals surface area contributed by atoms with Crippen LogP contribution in [-0.4, -0.2) is 43.8 Å². The molecule has 0 radical (unpaired) electrons. The predicted molar refractivity (Wildman–Crippen MR) is 81.5 cm³/mol. The average molecular weight is 297 g/mol. The van der Waals surface area contributed by atoms with Crippen molar-refractivity contribution in [2.75, 3.05) is 13.1 Å². The highest BCUT2D eigenvalue weighted by Gasteiger charge is 2.30. The fourth-order valence-corrected chi connectivity index (χ4v) is 2.86. The van der Waals surface area contributed by atoms with Gasteiger partial charge in [0.2, 0.25) is 0 Å². The molecule has 3 rings (SSSR count). The van der Waals surface area contributed by atoms with Crippen LogP contribution in [0.2, 0.25) is 0 Å². The van der Waals surface area contributed by atoms with Gasteiger partial charge in [-0.05, 0) is 33.3 Å². The van der Waals surface area contributed by atoms with Crippen LogP contribution in [0.1, 0.15) is 45.6 Å². The van der Waals surface area contributed by atoms with Crippen molar-refractivity contribution in [2.45, 2.75) is 33.1 Å². The van der Waals surface area contributed by atoms with Gasteiger partial charge in [0.15, 0.2) is 0 Å². The topological polar surface area (TPSA) is 71.9 Å². The van der Waals surface area contributed by atoms with E-state index in [1.807, 2.05) is 31.7 Å². The summed E-state index contributed by atoms with van der Waals surface area (Å²) in [7, 11) is 0. The maximum Gasteiger partial charge on any atom is 0.257 e. The van der Waals surface area contributed by atoms with Gasteiger partial charge in [0.1, 0.15) is 12.2 Å². The summed E-state index contributed by atoms with van der Waals surface area (Å²) in [5, 5.41) is 0. The van der Waals surface area contributed by atoms with Crippen LogP contribution < -0.4 is 0 Å². The van der Waals surface area contributed by atoms with Gasteiger partial charge in [-0.15, -0.1) is 0 Å². The first-order valence-corrected chi connectivity index (χ1v) is 7.42. The smallest absolute Gasteiger partial charge is 0.257 e. The Morgan fingerprint density at radius 1 is 1.23 bits per heavy atom. The Labute approximate surface area is 129 Å². The molecule has 0 bridgehead atoms. The summed E-state index contributed by atoms with van der Waals surface area (Å²) >= 11 is 0. The molecule has 0 aromatic carbocycles. The monoisotopic (exact) mass is 297 g/mol. The highest BCUT2D eigenvalue weighted by molar-refractivity contribution is 5.95. The van der Waals surface area contributed by atoms with Crippen molar-refractivity contribution < 1.29 is 4.79 Å². The molecular formula is C16H19N5O. The quantitative estimate of drug-likeness (QED) is 0.845. The van der Waals surface area contributed by atoms with Crippen molar-refractivity contribution in [3.63, 3.8) is 0 Å². The number of rotatable bonds is 2. The lowest BCUT2D eigenvalue weighted by Crippen LogP contribution is -2.29. The fourth-order valence-electron chi connectivity index (χ4n) is 2.86. The van der Waals surface area contributed by atoms with Crippen LogP contribution >= 0.6 is 0 Å². The second-order valence-electron chi connectivity index (χ2n) is 5.77. The molecule has 2 aromatic rings.